The second-order valence-electron chi connectivity index (χ2n) is 7.61. The normalized spacial score (nSPS) is 24.1. The molecule has 0 saturated carbocycles. The summed E-state index contributed by atoms with van der Waals surface area (Å²) >= 11 is 0. The van der Waals surface area contributed by atoms with Crippen LogP contribution in [0.1, 0.15) is 26.2 Å². The minimum absolute atomic E-state index is 0.0516. The van der Waals surface area contributed by atoms with Gasteiger partial charge < -0.3 is 14.4 Å². The predicted octanol–water partition coefficient (Wildman–Crippen LogP) is 1.75. The minimum Gasteiger partial charge on any atom is -0.493 e. The molecule has 8 heteroatoms. The van der Waals surface area contributed by atoms with E-state index in [4.69, 9.17) is 9.47 Å². The van der Waals surface area contributed by atoms with Crippen molar-refractivity contribution < 1.29 is 22.7 Å². The Hall–Kier alpha value is -1.64. The van der Waals surface area contributed by atoms with Crippen LogP contribution in [0.5, 0.6) is 5.75 Å². The Bertz CT molecular complexity index is 749. The van der Waals surface area contributed by atoms with Gasteiger partial charge in [-0.25, -0.2) is 12.7 Å². The van der Waals surface area contributed by atoms with Gasteiger partial charge in [-0.1, -0.05) is 18.2 Å². The topological polar surface area (TPSA) is 76.2 Å². The van der Waals surface area contributed by atoms with Gasteiger partial charge >= 0.3 is 0 Å². The van der Waals surface area contributed by atoms with Gasteiger partial charge in [0.2, 0.25) is 15.9 Å². The molecule has 0 aromatic heterocycles. The number of hydrogen-bond donors (Lipinski definition) is 0. The number of hydrogen-bond acceptors (Lipinski definition) is 5. The van der Waals surface area contributed by atoms with Crippen LogP contribution in [0.25, 0.3) is 0 Å². The molecule has 0 N–H and O–H groups in total. The molecule has 2 heterocycles. The van der Waals surface area contributed by atoms with Gasteiger partial charge in [0.05, 0.1) is 25.6 Å². The van der Waals surface area contributed by atoms with Crippen LogP contribution in [0.4, 0.5) is 0 Å². The van der Waals surface area contributed by atoms with Crippen LogP contribution in [0.15, 0.2) is 30.3 Å². The molecular formula is C20H30N2O5S. The number of benzene rings is 1. The van der Waals surface area contributed by atoms with Crippen LogP contribution >= 0.6 is 0 Å². The van der Waals surface area contributed by atoms with E-state index in [0.29, 0.717) is 46.0 Å². The smallest absolute Gasteiger partial charge is 0.223 e. The highest BCUT2D eigenvalue weighted by molar-refractivity contribution is 7.89. The van der Waals surface area contributed by atoms with E-state index in [-0.39, 0.29) is 18.1 Å². The molecule has 1 aromatic carbocycles. The van der Waals surface area contributed by atoms with Crippen LogP contribution < -0.4 is 4.74 Å². The van der Waals surface area contributed by atoms with Crippen molar-refractivity contribution in [2.75, 3.05) is 51.8 Å². The lowest BCUT2D eigenvalue weighted by atomic mass is 9.78. The number of morpholine rings is 1. The van der Waals surface area contributed by atoms with Crippen LogP contribution in [-0.2, 0) is 19.6 Å². The Morgan fingerprint density at radius 1 is 1.18 bits per heavy atom. The summed E-state index contributed by atoms with van der Waals surface area (Å²) in [5, 5.41) is 0. The second-order valence-corrected chi connectivity index (χ2v) is 9.87. The Kier molecular flexibility index (Phi) is 6.95. The van der Waals surface area contributed by atoms with Crippen molar-refractivity contribution >= 4 is 15.9 Å². The Morgan fingerprint density at radius 2 is 1.89 bits per heavy atom. The van der Waals surface area contributed by atoms with Crippen molar-refractivity contribution in [2.24, 2.45) is 5.41 Å². The second kappa shape index (κ2) is 9.24. The third-order valence-electron chi connectivity index (χ3n) is 5.56. The van der Waals surface area contributed by atoms with E-state index < -0.39 is 15.4 Å². The fourth-order valence-corrected chi connectivity index (χ4v) is 5.14. The van der Waals surface area contributed by atoms with Crippen molar-refractivity contribution in [1.29, 1.82) is 0 Å². The lowest BCUT2D eigenvalue weighted by Gasteiger charge is -2.42. The van der Waals surface area contributed by atoms with E-state index in [1.165, 1.54) is 4.31 Å². The summed E-state index contributed by atoms with van der Waals surface area (Å²) in [5.41, 5.74) is -0.522. The molecule has 0 spiro atoms. The third kappa shape index (κ3) is 5.24. The summed E-state index contributed by atoms with van der Waals surface area (Å²) < 4.78 is 37.8. The molecule has 156 valence electrons. The Morgan fingerprint density at radius 3 is 2.57 bits per heavy atom. The first kappa shape index (κ1) is 21.1. The SMILES string of the molecule is CCS(=O)(=O)N1CCC[C@](COc2ccccc2)(CC(=O)N2CCOCC2)C1. The molecular weight excluding hydrogens is 380 g/mol. The molecule has 2 saturated heterocycles. The Labute approximate surface area is 167 Å². The summed E-state index contributed by atoms with van der Waals surface area (Å²) in [4.78, 5) is 14.8. The van der Waals surface area contributed by atoms with Crippen molar-refractivity contribution in [3.05, 3.63) is 30.3 Å². The zero-order valence-corrected chi connectivity index (χ0v) is 17.3. The fraction of sp³-hybridized carbons (Fsp3) is 0.650. The number of carbonyl (C=O) groups is 1. The van der Waals surface area contributed by atoms with Gasteiger partial charge in [-0.2, -0.15) is 0 Å². The van der Waals surface area contributed by atoms with Gasteiger partial charge in [0.25, 0.3) is 0 Å². The summed E-state index contributed by atoms with van der Waals surface area (Å²) in [6, 6.07) is 9.47. The standard InChI is InChI=1S/C20H30N2O5S/c1-2-28(24,25)22-10-6-9-20(16-22,17-27-18-7-4-3-5-8-18)15-19(23)21-11-13-26-14-12-21/h3-5,7-8H,2,6,9-17H2,1H3/t20-/m0/s1. The predicted molar refractivity (Wildman–Crippen MR) is 107 cm³/mol. The van der Waals surface area contributed by atoms with Gasteiger partial charge in [0, 0.05) is 38.0 Å². The van der Waals surface area contributed by atoms with E-state index >= 15 is 0 Å². The molecule has 2 aliphatic rings. The van der Waals surface area contributed by atoms with E-state index in [1.807, 2.05) is 35.2 Å². The molecule has 7 nitrogen and oxygen atoms in total. The molecule has 0 radical (unpaired) electrons. The van der Waals surface area contributed by atoms with Gasteiger partial charge in [-0.15, -0.1) is 0 Å². The van der Waals surface area contributed by atoms with Gasteiger partial charge in [0.15, 0.2) is 0 Å². The number of nitrogens with zero attached hydrogens (tertiary/aromatic N) is 2. The zero-order valence-electron chi connectivity index (χ0n) is 16.5. The zero-order chi connectivity index (χ0) is 20.0. The highest BCUT2D eigenvalue weighted by Gasteiger charge is 2.42. The summed E-state index contributed by atoms with van der Waals surface area (Å²) in [7, 11) is -3.30. The first-order chi connectivity index (χ1) is 13.4. The molecule has 0 aliphatic carbocycles. The molecule has 1 aromatic rings. The van der Waals surface area contributed by atoms with Gasteiger partial charge in [-0.3, -0.25) is 4.79 Å². The maximum absolute atomic E-state index is 13.0. The van der Waals surface area contributed by atoms with Crippen LogP contribution in [0.2, 0.25) is 0 Å². The van der Waals surface area contributed by atoms with Crippen LogP contribution in [0, 0.1) is 5.41 Å². The van der Waals surface area contributed by atoms with E-state index in [2.05, 4.69) is 0 Å². The molecule has 1 amide bonds. The fourth-order valence-electron chi connectivity index (χ4n) is 3.89. The monoisotopic (exact) mass is 410 g/mol. The first-order valence-electron chi connectivity index (χ1n) is 9.95. The lowest BCUT2D eigenvalue weighted by Crippen LogP contribution is -2.52. The minimum atomic E-state index is -3.30. The highest BCUT2D eigenvalue weighted by atomic mass is 32.2. The number of amides is 1. The van der Waals surface area contributed by atoms with Crippen LogP contribution in [0.3, 0.4) is 0 Å². The quantitative estimate of drug-likeness (QED) is 0.684. The summed E-state index contributed by atoms with van der Waals surface area (Å²) in [5.74, 6) is 0.854. The first-order valence-corrected chi connectivity index (χ1v) is 11.6. The maximum atomic E-state index is 13.0. The largest absolute Gasteiger partial charge is 0.493 e. The third-order valence-corrected chi connectivity index (χ3v) is 7.39. The summed E-state index contributed by atoms with van der Waals surface area (Å²) in [6.07, 6.45) is 1.79. The average Bonchev–Trinajstić information content (AvgIpc) is 2.74. The van der Waals surface area contributed by atoms with E-state index in [0.717, 1.165) is 18.6 Å². The molecule has 0 bridgehead atoms. The van der Waals surface area contributed by atoms with Gasteiger partial charge in [-0.05, 0) is 31.9 Å². The molecule has 1 atom stereocenters. The number of ether oxygens (including phenoxy) is 2. The van der Waals surface area contributed by atoms with E-state index in [9.17, 15) is 13.2 Å². The molecule has 28 heavy (non-hydrogen) atoms. The number of carbonyl (C=O) groups excluding carboxylic acids is 1. The maximum Gasteiger partial charge on any atom is 0.223 e. The molecule has 0 unspecified atom stereocenters. The van der Waals surface area contributed by atoms with Crippen molar-refractivity contribution in [3.8, 4) is 5.75 Å². The van der Waals surface area contributed by atoms with Crippen LogP contribution in [-0.4, -0.2) is 75.3 Å². The van der Waals surface area contributed by atoms with Crippen molar-refractivity contribution in [1.82, 2.24) is 9.21 Å². The Balaban J connectivity index is 1.77. The highest BCUT2D eigenvalue weighted by Crippen LogP contribution is 2.36. The van der Waals surface area contributed by atoms with Gasteiger partial charge in [0.1, 0.15) is 5.75 Å². The lowest BCUT2D eigenvalue weighted by molar-refractivity contribution is -0.139. The number of rotatable bonds is 7. The van der Waals surface area contributed by atoms with Crippen molar-refractivity contribution in [3.63, 3.8) is 0 Å². The van der Waals surface area contributed by atoms with E-state index in [1.54, 1.807) is 6.92 Å². The molecule has 2 fully saturated rings. The number of para-hydroxylation sites is 1. The van der Waals surface area contributed by atoms with Crippen molar-refractivity contribution in [2.45, 2.75) is 26.2 Å². The molecule has 3 rings (SSSR count). The number of piperidine rings is 1. The summed E-state index contributed by atoms with van der Waals surface area (Å²) in [6.45, 7) is 5.09. The number of sulfonamides is 1. The average molecular weight is 411 g/mol. The molecule has 2 aliphatic heterocycles.